The zero-order chi connectivity index (χ0) is 17.6. The van der Waals surface area contributed by atoms with Gasteiger partial charge in [-0.05, 0) is 51.6 Å². The molecule has 4 nitrogen and oxygen atoms in total. The fourth-order valence-corrected chi connectivity index (χ4v) is 3.25. The molecule has 0 aliphatic carbocycles. The van der Waals surface area contributed by atoms with E-state index in [1.54, 1.807) is 0 Å². The van der Waals surface area contributed by atoms with Crippen molar-refractivity contribution in [3.63, 3.8) is 0 Å². The highest BCUT2D eigenvalue weighted by Crippen LogP contribution is 2.22. The Morgan fingerprint density at radius 3 is 2.62 bits per heavy atom. The van der Waals surface area contributed by atoms with Gasteiger partial charge in [-0.3, -0.25) is 0 Å². The molecule has 0 aromatic heterocycles. The molecular weight excluding hydrogens is 300 g/mol. The molecule has 0 spiro atoms. The maximum atomic E-state index is 12.3. The van der Waals surface area contributed by atoms with Crippen molar-refractivity contribution in [1.82, 2.24) is 10.2 Å². The van der Waals surface area contributed by atoms with Gasteiger partial charge in [-0.15, -0.1) is 0 Å². The van der Waals surface area contributed by atoms with Crippen LogP contribution < -0.4 is 5.32 Å². The van der Waals surface area contributed by atoms with E-state index in [9.17, 15) is 4.79 Å². The van der Waals surface area contributed by atoms with Gasteiger partial charge in [0.25, 0.3) is 0 Å². The van der Waals surface area contributed by atoms with Crippen molar-refractivity contribution >= 4 is 6.09 Å². The van der Waals surface area contributed by atoms with Crippen molar-refractivity contribution in [2.45, 2.75) is 58.6 Å². The van der Waals surface area contributed by atoms with Crippen LogP contribution in [0.1, 0.15) is 46.1 Å². The van der Waals surface area contributed by atoms with Crippen molar-refractivity contribution in [3.05, 3.63) is 35.9 Å². The Morgan fingerprint density at radius 1 is 1.29 bits per heavy atom. The lowest BCUT2D eigenvalue weighted by molar-refractivity contribution is 0.0130. The minimum Gasteiger partial charge on any atom is -0.444 e. The monoisotopic (exact) mass is 332 g/mol. The normalized spacial score (nSPS) is 21.6. The molecule has 1 saturated heterocycles. The SMILES string of the molecule is CCC1CN(C(=O)OC(C)(C)C)CCC1NCCc1ccccc1. The molecule has 2 rings (SSSR count). The summed E-state index contributed by atoms with van der Waals surface area (Å²) >= 11 is 0. The Labute approximate surface area is 146 Å². The van der Waals surface area contributed by atoms with Crippen LogP contribution >= 0.6 is 0 Å². The lowest BCUT2D eigenvalue weighted by atomic mass is 9.90. The van der Waals surface area contributed by atoms with Gasteiger partial charge in [0.15, 0.2) is 0 Å². The van der Waals surface area contributed by atoms with E-state index in [-0.39, 0.29) is 6.09 Å². The van der Waals surface area contributed by atoms with E-state index in [4.69, 9.17) is 4.74 Å². The Balaban J connectivity index is 1.81. The van der Waals surface area contributed by atoms with E-state index in [0.29, 0.717) is 12.0 Å². The fourth-order valence-electron chi connectivity index (χ4n) is 3.25. The number of likely N-dealkylation sites (tertiary alicyclic amines) is 1. The van der Waals surface area contributed by atoms with Crippen LogP contribution in [0.3, 0.4) is 0 Å². The maximum absolute atomic E-state index is 12.3. The van der Waals surface area contributed by atoms with Crippen LogP contribution in [-0.4, -0.2) is 42.3 Å². The van der Waals surface area contributed by atoms with Gasteiger partial charge in [-0.2, -0.15) is 0 Å². The summed E-state index contributed by atoms with van der Waals surface area (Å²) in [5.74, 6) is 0.488. The molecule has 1 aliphatic heterocycles. The Hall–Kier alpha value is -1.55. The molecule has 0 bridgehead atoms. The predicted octanol–water partition coefficient (Wildman–Crippen LogP) is 3.85. The van der Waals surface area contributed by atoms with E-state index < -0.39 is 5.60 Å². The second-order valence-corrected chi connectivity index (χ2v) is 7.68. The molecular formula is C20H32N2O2. The Kier molecular flexibility index (Phi) is 6.67. The van der Waals surface area contributed by atoms with Crippen molar-refractivity contribution in [2.75, 3.05) is 19.6 Å². The second kappa shape index (κ2) is 8.52. The van der Waals surface area contributed by atoms with Crippen LogP contribution in [0.5, 0.6) is 0 Å². The molecule has 24 heavy (non-hydrogen) atoms. The molecule has 1 aliphatic rings. The lowest BCUT2D eigenvalue weighted by Gasteiger charge is -2.39. The topological polar surface area (TPSA) is 41.6 Å². The largest absolute Gasteiger partial charge is 0.444 e. The number of rotatable bonds is 5. The van der Waals surface area contributed by atoms with Crippen molar-refractivity contribution in [3.8, 4) is 0 Å². The third kappa shape index (κ3) is 5.82. The highest BCUT2D eigenvalue weighted by atomic mass is 16.6. The first-order valence-electron chi connectivity index (χ1n) is 9.14. The van der Waals surface area contributed by atoms with E-state index in [1.807, 2.05) is 25.7 Å². The summed E-state index contributed by atoms with van der Waals surface area (Å²) in [5.41, 5.74) is 0.938. The van der Waals surface area contributed by atoms with E-state index in [2.05, 4.69) is 42.6 Å². The van der Waals surface area contributed by atoms with Crippen LogP contribution in [0.2, 0.25) is 0 Å². The zero-order valence-electron chi connectivity index (χ0n) is 15.5. The van der Waals surface area contributed by atoms with Gasteiger partial charge in [0.05, 0.1) is 0 Å². The van der Waals surface area contributed by atoms with Gasteiger partial charge >= 0.3 is 6.09 Å². The summed E-state index contributed by atoms with van der Waals surface area (Å²) in [5, 5.41) is 3.70. The Morgan fingerprint density at radius 2 is 2.00 bits per heavy atom. The van der Waals surface area contributed by atoms with Crippen molar-refractivity contribution < 1.29 is 9.53 Å². The first kappa shape index (κ1) is 18.8. The first-order chi connectivity index (χ1) is 11.4. The molecule has 1 amide bonds. The summed E-state index contributed by atoms with van der Waals surface area (Å²) in [7, 11) is 0. The molecule has 0 saturated carbocycles. The third-order valence-electron chi connectivity index (χ3n) is 4.57. The van der Waals surface area contributed by atoms with Gasteiger partial charge in [0.1, 0.15) is 5.60 Å². The lowest BCUT2D eigenvalue weighted by Crippen LogP contribution is -2.52. The smallest absolute Gasteiger partial charge is 0.410 e. The number of amides is 1. The number of hydrogen-bond acceptors (Lipinski definition) is 3. The van der Waals surface area contributed by atoms with Crippen molar-refractivity contribution in [1.29, 1.82) is 0 Å². The predicted molar refractivity (Wildman–Crippen MR) is 98.1 cm³/mol. The molecule has 0 radical (unpaired) electrons. The molecule has 2 atom stereocenters. The molecule has 1 fully saturated rings. The van der Waals surface area contributed by atoms with Crippen molar-refractivity contribution in [2.24, 2.45) is 5.92 Å². The molecule has 134 valence electrons. The van der Waals surface area contributed by atoms with Crippen LogP contribution in [0.15, 0.2) is 30.3 Å². The summed E-state index contributed by atoms with van der Waals surface area (Å²) in [6.45, 7) is 10.5. The van der Waals surface area contributed by atoms with Crippen LogP contribution in [0.4, 0.5) is 4.79 Å². The molecule has 1 N–H and O–H groups in total. The molecule has 1 aromatic carbocycles. The average Bonchev–Trinajstić information content (AvgIpc) is 2.54. The quantitative estimate of drug-likeness (QED) is 0.890. The highest BCUT2D eigenvalue weighted by molar-refractivity contribution is 5.68. The number of nitrogens with zero attached hydrogens (tertiary/aromatic N) is 1. The number of carbonyl (C=O) groups is 1. The van der Waals surface area contributed by atoms with Crippen LogP contribution in [0, 0.1) is 5.92 Å². The standard InChI is InChI=1S/C20H32N2O2/c1-5-17-15-22(19(23)24-20(2,3)4)14-12-18(17)21-13-11-16-9-7-6-8-10-16/h6-10,17-18,21H,5,11-15H2,1-4H3. The average molecular weight is 332 g/mol. The van der Waals surface area contributed by atoms with Gasteiger partial charge in [0, 0.05) is 19.1 Å². The first-order valence-corrected chi connectivity index (χ1v) is 9.14. The summed E-state index contributed by atoms with van der Waals surface area (Å²) in [6.07, 6.45) is 2.93. The second-order valence-electron chi connectivity index (χ2n) is 7.68. The fraction of sp³-hybridized carbons (Fsp3) is 0.650. The highest BCUT2D eigenvalue weighted by Gasteiger charge is 2.32. The van der Waals surface area contributed by atoms with Gasteiger partial charge in [-0.1, -0.05) is 43.7 Å². The number of nitrogens with one attached hydrogen (secondary N) is 1. The number of ether oxygens (including phenoxy) is 1. The van der Waals surface area contributed by atoms with Gasteiger partial charge in [-0.25, -0.2) is 4.79 Å². The molecule has 2 unspecified atom stereocenters. The number of piperidine rings is 1. The van der Waals surface area contributed by atoms with Crippen LogP contribution in [0.25, 0.3) is 0 Å². The van der Waals surface area contributed by atoms with Gasteiger partial charge in [0.2, 0.25) is 0 Å². The molecule has 4 heteroatoms. The van der Waals surface area contributed by atoms with E-state index >= 15 is 0 Å². The number of benzene rings is 1. The van der Waals surface area contributed by atoms with E-state index in [1.165, 1.54) is 5.56 Å². The summed E-state index contributed by atoms with van der Waals surface area (Å²) < 4.78 is 5.51. The minimum atomic E-state index is -0.427. The summed E-state index contributed by atoms with van der Waals surface area (Å²) in [6, 6.07) is 11.1. The molecule has 1 heterocycles. The summed E-state index contributed by atoms with van der Waals surface area (Å²) in [4.78, 5) is 14.1. The zero-order valence-corrected chi connectivity index (χ0v) is 15.5. The van der Waals surface area contributed by atoms with E-state index in [0.717, 1.165) is 38.9 Å². The molecule has 1 aromatic rings. The number of hydrogen-bond donors (Lipinski definition) is 1. The Bertz CT molecular complexity index is 510. The minimum absolute atomic E-state index is 0.177. The van der Waals surface area contributed by atoms with Crippen LogP contribution in [-0.2, 0) is 11.2 Å². The number of carbonyl (C=O) groups excluding carboxylic acids is 1. The third-order valence-corrected chi connectivity index (χ3v) is 4.57. The maximum Gasteiger partial charge on any atom is 0.410 e. The van der Waals surface area contributed by atoms with Gasteiger partial charge < -0.3 is 15.0 Å².